The molecule has 0 saturated carbocycles. The Morgan fingerprint density at radius 3 is 2.62 bits per heavy atom. The van der Waals surface area contributed by atoms with Gasteiger partial charge in [-0.15, -0.1) is 0 Å². The fourth-order valence-corrected chi connectivity index (χ4v) is 3.13. The zero-order valence-corrected chi connectivity index (χ0v) is 12.3. The van der Waals surface area contributed by atoms with Gasteiger partial charge in [-0.2, -0.15) is 0 Å². The Labute approximate surface area is 123 Å². The van der Waals surface area contributed by atoms with Gasteiger partial charge in [-0.25, -0.2) is 8.42 Å². The van der Waals surface area contributed by atoms with Crippen LogP contribution in [0.3, 0.4) is 0 Å². The lowest BCUT2D eigenvalue weighted by molar-refractivity contribution is -0.136. The topological polar surface area (TPSA) is 95.9 Å². The van der Waals surface area contributed by atoms with Crippen LogP contribution in [-0.2, 0) is 19.6 Å². The molecule has 0 bridgehead atoms. The molecule has 7 nitrogen and oxygen atoms in total. The van der Waals surface area contributed by atoms with Gasteiger partial charge >= 0.3 is 5.97 Å². The number of nitrogens with zero attached hydrogens (tertiary/aromatic N) is 1. The van der Waals surface area contributed by atoms with Crippen molar-refractivity contribution >= 4 is 27.4 Å². The molecule has 1 aliphatic heterocycles. The molecule has 116 valence electrons. The Morgan fingerprint density at radius 2 is 1.95 bits per heavy atom. The summed E-state index contributed by atoms with van der Waals surface area (Å²) in [4.78, 5) is 12.5. The highest BCUT2D eigenvalue weighted by molar-refractivity contribution is 7.92. The Morgan fingerprint density at radius 1 is 1.29 bits per heavy atom. The van der Waals surface area contributed by atoms with Crippen LogP contribution < -0.4 is 9.62 Å². The maximum absolute atomic E-state index is 11.9. The van der Waals surface area contributed by atoms with Crippen molar-refractivity contribution in [2.45, 2.75) is 6.42 Å². The number of ether oxygens (including phenoxy) is 1. The smallest absolute Gasteiger partial charge is 0.304 e. The molecule has 21 heavy (non-hydrogen) atoms. The first-order chi connectivity index (χ1) is 9.98. The minimum absolute atomic E-state index is 0.422. The Hall–Kier alpha value is -1.80. The maximum Gasteiger partial charge on any atom is 0.304 e. The summed E-state index contributed by atoms with van der Waals surface area (Å²) in [7, 11) is -3.68. The Balaban J connectivity index is 2.14. The van der Waals surface area contributed by atoms with E-state index in [1.165, 1.54) is 0 Å². The molecule has 2 rings (SSSR count). The van der Waals surface area contributed by atoms with E-state index in [4.69, 9.17) is 9.84 Å². The second-order valence-corrected chi connectivity index (χ2v) is 6.52. The molecule has 0 spiro atoms. The molecule has 1 aliphatic rings. The number of anilines is 2. The van der Waals surface area contributed by atoms with Crippen molar-refractivity contribution in [3.63, 3.8) is 0 Å². The van der Waals surface area contributed by atoms with Crippen LogP contribution in [0.5, 0.6) is 0 Å². The van der Waals surface area contributed by atoms with E-state index in [0.717, 1.165) is 5.69 Å². The highest BCUT2D eigenvalue weighted by Crippen LogP contribution is 2.27. The van der Waals surface area contributed by atoms with E-state index in [-0.39, 0.29) is 0 Å². The number of rotatable bonds is 6. The monoisotopic (exact) mass is 314 g/mol. The number of sulfonamides is 1. The lowest BCUT2D eigenvalue weighted by Gasteiger charge is -2.30. The van der Waals surface area contributed by atoms with Gasteiger partial charge in [0.15, 0.2) is 0 Å². The molecule has 1 aromatic carbocycles. The SMILES string of the molecule is O=C(O)CCS(=O)(=O)Nc1ccccc1N1CCOCC1. The third-order valence-corrected chi connectivity index (χ3v) is 4.38. The molecule has 0 unspecified atom stereocenters. The predicted octanol–water partition coefficient (Wildman–Crippen LogP) is 0.740. The van der Waals surface area contributed by atoms with Gasteiger partial charge in [0.1, 0.15) is 0 Å². The van der Waals surface area contributed by atoms with E-state index < -0.39 is 28.2 Å². The number of benzene rings is 1. The van der Waals surface area contributed by atoms with Crippen LogP contribution in [-0.4, -0.2) is 51.5 Å². The van der Waals surface area contributed by atoms with Crippen LogP contribution in [0.4, 0.5) is 11.4 Å². The second-order valence-electron chi connectivity index (χ2n) is 4.68. The van der Waals surface area contributed by atoms with Crippen LogP contribution in [0, 0.1) is 0 Å². The Kier molecular flexibility index (Phi) is 5.03. The molecule has 0 atom stereocenters. The molecule has 1 heterocycles. The van der Waals surface area contributed by atoms with E-state index in [9.17, 15) is 13.2 Å². The van der Waals surface area contributed by atoms with Gasteiger partial charge in [-0.1, -0.05) is 12.1 Å². The minimum Gasteiger partial charge on any atom is -0.481 e. The summed E-state index contributed by atoms with van der Waals surface area (Å²) >= 11 is 0. The number of nitrogens with one attached hydrogen (secondary N) is 1. The number of carboxylic acid groups (broad SMARTS) is 1. The third-order valence-electron chi connectivity index (χ3n) is 3.11. The van der Waals surface area contributed by atoms with Gasteiger partial charge in [-0.3, -0.25) is 9.52 Å². The number of carbonyl (C=O) groups is 1. The van der Waals surface area contributed by atoms with Crippen molar-refractivity contribution in [2.24, 2.45) is 0 Å². The van der Waals surface area contributed by atoms with Crippen molar-refractivity contribution < 1.29 is 23.1 Å². The highest BCUT2D eigenvalue weighted by Gasteiger charge is 2.18. The van der Waals surface area contributed by atoms with E-state index in [1.807, 2.05) is 17.0 Å². The summed E-state index contributed by atoms with van der Waals surface area (Å²) in [6.07, 6.45) is -0.422. The summed E-state index contributed by atoms with van der Waals surface area (Å²) in [5.74, 6) is -1.58. The van der Waals surface area contributed by atoms with Crippen molar-refractivity contribution in [1.29, 1.82) is 0 Å². The van der Waals surface area contributed by atoms with Gasteiger partial charge in [0.05, 0.1) is 36.8 Å². The zero-order chi connectivity index (χ0) is 15.3. The number of para-hydroxylation sites is 2. The predicted molar refractivity (Wildman–Crippen MR) is 79.1 cm³/mol. The van der Waals surface area contributed by atoms with Gasteiger partial charge in [-0.05, 0) is 12.1 Å². The lowest BCUT2D eigenvalue weighted by Crippen LogP contribution is -2.36. The molecule has 0 radical (unpaired) electrons. The van der Waals surface area contributed by atoms with Crippen molar-refractivity contribution in [3.8, 4) is 0 Å². The average Bonchev–Trinajstić information content (AvgIpc) is 2.46. The van der Waals surface area contributed by atoms with Crippen LogP contribution >= 0.6 is 0 Å². The molecule has 8 heteroatoms. The zero-order valence-electron chi connectivity index (χ0n) is 11.5. The molecular formula is C13H18N2O5S. The molecule has 0 aromatic heterocycles. The second kappa shape index (κ2) is 6.77. The number of carboxylic acids is 1. The first-order valence-electron chi connectivity index (χ1n) is 6.62. The average molecular weight is 314 g/mol. The summed E-state index contributed by atoms with van der Waals surface area (Å²) in [5, 5.41) is 8.59. The molecule has 0 amide bonds. The molecule has 1 fully saturated rings. The summed E-state index contributed by atoms with van der Waals surface area (Å²) in [6, 6.07) is 7.07. The first-order valence-corrected chi connectivity index (χ1v) is 8.27. The van der Waals surface area contributed by atoms with Crippen LogP contribution in [0.1, 0.15) is 6.42 Å². The van der Waals surface area contributed by atoms with Gasteiger partial charge in [0.2, 0.25) is 10.0 Å². The first kappa shape index (κ1) is 15.6. The lowest BCUT2D eigenvalue weighted by atomic mass is 10.2. The fourth-order valence-electron chi connectivity index (χ4n) is 2.08. The number of hydrogen-bond donors (Lipinski definition) is 2. The Bertz CT molecular complexity index is 596. The van der Waals surface area contributed by atoms with E-state index >= 15 is 0 Å². The number of aliphatic carboxylic acids is 1. The normalized spacial score (nSPS) is 15.7. The van der Waals surface area contributed by atoms with E-state index in [1.54, 1.807) is 12.1 Å². The fraction of sp³-hybridized carbons (Fsp3) is 0.462. The molecule has 1 saturated heterocycles. The molecular weight excluding hydrogens is 296 g/mol. The van der Waals surface area contributed by atoms with E-state index in [0.29, 0.717) is 32.0 Å². The van der Waals surface area contributed by atoms with Crippen LogP contribution in [0.25, 0.3) is 0 Å². The third kappa shape index (κ3) is 4.61. The molecule has 0 aliphatic carbocycles. The minimum atomic E-state index is -3.68. The van der Waals surface area contributed by atoms with Crippen molar-refractivity contribution in [3.05, 3.63) is 24.3 Å². The largest absolute Gasteiger partial charge is 0.481 e. The van der Waals surface area contributed by atoms with E-state index in [2.05, 4.69) is 4.72 Å². The van der Waals surface area contributed by atoms with Crippen molar-refractivity contribution in [1.82, 2.24) is 0 Å². The molecule has 1 aromatic rings. The van der Waals surface area contributed by atoms with Crippen LogP contribution in [0.2, 0.25) is 0 Å². The number of hydrogen-bond acceptors (Lipinski definition) is 5. The summed E-state index contributed by atoms with van der Waals surface area (Å²) < 4.78 is 31.6. The van der Waals surface area contributed by atoms with Crippen LogP contribution in [0.15, 0.2) is 24.3 Å². The summed E-state index contributed by atoms with van der Waals surface area (Å²) in [5.41, 5.74) is 1.24. The standard InChI is InChI=1S/C13H18N2O5S/c16-13(17)5-10-21(18,19)14-11-3-1-2-4-12(11)15-6-8-20-9-7-15/h1-4,14H,5-10H2,(H,16,17). The molecule has 2 N–H and O–H groups in total. The van der Waals surface area contributed by atoms with Gasteiger partial charge in [0.25, 0.3) is 0 Å². The quantitative estimate of drug-likeness (QED) is 0.804. The van der Waals surface area contributed by atoms with Gasteiger partial charge in [0, 0.05) is 13.1 Å². The number of morpholine rings is 1. The summed E-state index contributed by atoms with van der Waals surface area (Å²) in [6.45, 7) is 2.57. The highest BCUT2D eigenvalue weighted by atomic mass is 32.2. The maximum atomic E-state index is 11.9. The van der Waals surface area contributed by atoms with Gasteiger partial charge < -0.3 is 14.7 Å². The van der Waals surface area contributed by atoms with Crippen molar-refractivity contribution in [2.75, 3.05) is 41.7 Å².